The van der Waals surface area contributed by atoms with Crippen LogP contribution in [0.15, 0.2) is 28.8 Å². The smallest absolute Gasteiger partial charge is 0.227 e. The molecule has 1 amide bonds. The van der Waals surface area contributed by atoms with E-state index in [-0.39, 0.29) is 18.3 Å². The molecular formula is C20H29ClN4O2. The standard InChI is InChI=1S/C20H28N4O2.ClH/c1-14(2)15-4-6-16(7-5-15)20-22-18(26-23-20)8-9-19(25)24-12-10-17(21-3)11-13-24;/h4-7,14,17,21H,8-13H2,1-3H3;1H. The van der Waals surface area contributed by atoms with Gasteiger partial charge in [-0.15, -0.1) is 12.4 Å². The summed E-state index contributed by atoms with van der Waals surface area (Å²) in [5, 5.41) is 7.33. The van der Waals surface area contributed by atoms with Crippen LogP contribution in [-0.2, 0) is 11.2 Å². The van der Waals surface area contributed by atoms with Crippen LogP contribution in [0.1, 0.15) is 50.5 Å². The zero-order valence-electron chi connectivity index (χ0n) is 16.3. The van der Waals surface area contributed by atoms with Crippen LogP contribution >= 0.6 is 12.4 Å². The van der Waals surface area contributed by atoms with Gasteiger partial charge >= 0.3 is 0 Å². The zero-order chi connectivity index (χ0) is 18.5. The lowest BCUT2D eigenvalue weighted by Crippen LogP contribution is -2.44. The van der Waals surface area contributed by atoms with Crippen molar-refractivity contribution >= 4 is 18.3 Å². The van der Waals surface area contributed by atoms with Gasteiger partial charge in [0, 0.05) is 37.5 Å². The number of likely N-dealkylation sites (tertiary alicyclic amines) is 1. The second-order valence-electron chi connectivity index (χ2n) is 7.23. The molecule has 6 nitrogen and oxygen atoms in total. The van der Waals surface area contributed by atoms with E-state index < -0.39 is 0 Å². The minimum Gasteiger partial charge on any atom is -0.343 e. The molecule has 1 fully saturated rings. The van der Waals surface area contributed by atoms with E-state index >= 15 is 0 Å². The summed E-state index contributed by atoms with van der Waals surface area (Å²) in [6.45, 7) is 5.97. The Morgan fingerprint density at radius 2 is 1.93 bits per heavy atom. The molecule has 7 heteroatoms. The van der Waals surface area contributed by atoms with Gasteiger partial charge in [-0.1, -0.05) is 43.3 Å². The number of benzene rings is 1. The molecule has 0 saturated carbocycles. The van der Waals surface area contributed by atoms with Crippen molar-refractivity contribution in [1.29, 1.82) is 0 Å². The first-order valence-electron chi connectivity index (χ1n) is 9.44. The summed E-state index contributed by atoms with van der Waals surface area (Å²) in [4.78, 5) is 18.7. The highest BCUT2D eigenvalue weighted by Gasteiger charge is 2.22. The van der Waals surface area contributed by atoms with Crippen LogP contribution in [0.5, 0.6) is 0 Å². The second kappa shape index (κ2) is 9.85. The molecule has 0 bridgehead atoms. The Hall–Kier alpha value is -1.92. The van der Waals surface area contributed by atoms with Crippen molar-refractivity contribution in [3.05, 3.63) is 35.7 Å². The molecule has 148 valence electrons. The van der Waals surface area contributed by atoms with E-state index in [2.05, 4.69) is 41.4 Å². The Bertz CT molecular complexity index is 722. The molecular weight excluding hydrogens is 364 g/mol. The van der Waals surface area contributed by atoms with Gasteiger partial charge in [-0.3, -0.25) is 4.79 Å². The summed E-state index contributed by atoms with van der Waals surface area (Å²) in [6, 6.07) is 8.74. The van der Waals surface area contributed by atoms with Crippen molar-refractivity contribution in [3.63, 3.8) is 0 Å². The monoisotopic (exact) mass is 392 g/mol. The average molecular weight is 393 g/mol. The van der Waals surface area contributed by atoms with Gasteiger partial charge < -0.3 is 14.7 Å². The predicted octanol–water partition coefficient (Wildman–Crippen LogP) is 3.42. The Kier molecular flexibility index (Phi) is 7.80. The van der Waals surface area contributed by atoms with Crippen molar-refractivity contribution in [2.24, 2.45) is 0 Å². The molecule has 1 aromatic carbocycles. The number of halogens is 1. The SMILES string of the molecule is CNC1CCN(C(=O)CCc2nc(-c3ccc(C(C)C)cc3)no2)CC1.Cl. The Morgan fingerprint density at radius 1 is 1.26 bits per heavy atom. The number of nitrogens with one attached hydrogen (secondary N) is 1. The lowest BCUT2D eigenvalue weighted by atomic mass is 10.0. The number of piperidine rings is 1. The molecule has 1 aliphatic heterocycles. The first-order chi connectivity index (χ1) is 12.6. The summed E-state index contributed by atoms with van der Waals surface area (Å²) >= 11 is 0. The minimum absolute atomic E-state index is 0. The number of hydrogen-bond acceptors (Lipinski definition) is 5. The van der Waals surface area contributed by atoms with E-state index in [1.807, 2.05) is 24.1 Å². The number of rotatable bonds is 6. The van der Waals surface area contributed by atoms with Crippen molar-refractivity contribution < 1.29 is 9.32 Å². The number of hydrogen-bond donors (Lipinski definition) is 1. The third-order valence-corrected chi connectivity index (χ3v) is 5.11. The van der Waals surface area contributed by atoms with Gasteiger partial charge in [-0.05, 0) is 31.4 Å². The molecule has 0 atom stereocenters. The summed E-state index contributed by atoms with van der Waals surface area (Å²) < 4.78 is 5.33. The molecule has 3 rings (SSSR count). The molecule has 0 unspecified atom stereocenters. The lowest BCUT2D eigenvalue weighted by Gasteiger charge is -2.31. The molecule has 1 aromatic heterocycles. The van der Waals surface area contributed by atoms with Gasteiger partial charge in [0.15, 0.2) is 0 Å². The third kappa shape index (κ3) is 5.53. The highest BCUT2D eigenvalue weighted by atomic mass is 35.5. The van der Waals surface area contributed by atoms with Gasteiger partial charge in [0.1, 0.15) is 0 Å². The van der Waals surface area contributed by atoms with Crippen LogP contribution in [0.25, 0.3) is 11.4 Å². The zero-order valence-corrected chi connectivity index (χ0v) is 17.1. The third-order valence-electron chi connectivity index (χ3n) is 5.11. The normalized spacial score (nSPS) is 15.0. The number of aryl methyl sites for hydroxylation is 1. The molecule has 0 aliphatic carbocycles. The van der Waals surface area contributed by atoms with Crippen LogP contribution in [0.2, 0.25) is 0 Å². The molecule has 2 aromatic rings. The second-order valence-corrected chi connectivity index (χ2v) is 7.23. The number of carbonyl (C=O) groups is 1. The van der Waals surface area contributed by atoms with E-state index in [1.165, 1.54) is 5.56 Å². The first kappa shape index (κ1) is 21.4. The maximum Gasteiger partial charge on any atom is 0.227 e. The Balaban J connectivity index is 0.00000261. The summed E-state index contributed by atoms with van der Waals surface area (Å²) in [6.07, 6.45) is 2.93. The summed E-state index contributed by atoms with van der Waals surface area (Å²) in [5.41, 5.74) is 2.22. The van der Waals surface area contributed by atoms with Crippen LogP contribution in [-0.4, -0.2) is 47.1 Å². The predicted molar refractivity (Wildman–Crippen MR) is 108 cm³/mol. The highest BCUT2D eigenvalue weighted by molar-refractivity contribution is 5.85. The van der Waals surface area contributed by atoms with E-state index in [0.29, 0.717) is 36.5 Å². The molecule has 1 N–H and O–H groups in total. The van der Waals surface area contributed by atoms with Crippen LogP contribution in [0, 0.1) is 0 Å². The fourth-order valence-corrected chi connectivity index (χ4v) is 3.28. The Labute approximate surface area is 167 Å². The van der Waals surface area contributed by atoms with E-state index in [4.69, 9.17) is 4.52 Å². The molecule has 1 saturated heterocycles. The van der Waals surface area contributed by atoms with Gasteiger partial charge in [-0.25, -0.2) is 0 Å². The van der Waals surface area contributed by atoms with Crippen molar-refractivity contribution in [3.8, 4) is 11.4 Å². The maximum absolute atomic E-state index is 12.4. The summed E-state index contributed by atoms with van der Waals surface area (Å²) in [5.74, 6) is 1.76. The van der Waals surface area contributed by atoms with E-state index in [0.717, 1.165) is 31.5 Å². The molecule has 0 radical (unpaired) electrons. The quantitative estimate of drug-likeness (QED) is 0.815. The summed E-state index contributed by atoms with van der Waals surface area (Å²) in [7, 11) is 1.98. The van der Waals surface area contributed by atoms with Crippen LogP contribution < -0.4 is 5.32 Å². The van der Waals surface area contributed by atoms with Gasteiger partial charge in [0.05, 0.1) is 0 Å². The molecule has 2 heterocycles. The van der Waals surface area contributed by atoms with Gasteiger partial charge in [-0.2, -0.15) is 4.98 Å². The fraction of sp³-hybridized carbons (Fsp3) is 0.550. The molecule has 0 spiro atoms. The van der Waals surface area contributed by atoms with Crippen LogP contribution in [0.3, 0.4) is 0 Å². The molecule has 27 heavy (non-hydrogen) atoms. The lowest BCUT2D eigenvalue weighted by molar-refractivity contribution is -0.132. The maximum atomic E-state index is 12.4. The average Bonchev–Trinajstić information content (AvgIpc) is 3.15. The number of amides is 1. The topological polar surface area (TPSA) is 71.3 Å². The Morgan fingerprint density at radius 3 is 2.52 bits per heavy atom. The largest absolute Gasteiger partial charge is 0.343 e. The fourth-order valence-electron chi connectivity index (χ4n) is 3.28. The first-order valence-corrected chi connectivity index (χ1v) is 9.44. The number of carbonyl (C=O) groups excluding carboxylic acids is 1. The van der Waals surface area contributed by atoms with E-state index in [9.17, 15) is 4.79 Å². The van der Waals surface area contributed by atoms with Crippen LogP contribution in [0.4, 0.5) is 0 Å². The minimum atomic E-state index is 0. The van der Waals surface area contributed by atoms with Crippen molar-refractivity contribution in [2.45, 2.75) is 51.5 Å². The number of nitrogens with zero attached hydrogens (tertiary/aromatic N) is 3. The molecule has 1 aliphatic rings. The number of aromatic nitrogens is 2. The van der Waals surface area contributed by atoms with Crippen molar-refractivity contribution in [2.75, 3.05) is 20.1 Å². The van der Waals surface area contributed by atoms with E-state index in [1.54, 1.807) is 0 Å². The van der Waals surface area contributed by atoms with Gasteiger partial charge in [0.2, 0.25) is 17.6 Å². The van der Waals surface area contributed by atoms with Crippen molar-refractivity contribution in [1.82, 2.24) is 20.4 Å². The highest BCUT2D eigenvalue weighted by Crippen LogP contribution is 2.21. The van der Waals surface area contributed by atoms with Gasteiger partial charge in [0.25, 0.3) is 0 Å².